The fraction of sp³-hybridized carbons (Fsp3) is 0.882. The van der Waals surface area contributed by atoms with Crippen molar-refractivity contribution in [1.29, 1.82) is 0 Å². The van der Waals surface area contributed by atoms with E-state index in [1.54, 1.807) is 0 Å². The van der Waals surface area contributed by atoms with Gasteiger partial charge in [-0.1, -0.05) is 38.3 Å². The van der Waals surface area contributed by atoms with Crippen molar-refractivity contribution >= 4 is 0 Å². The third-order valence-electron chi connectivity index (χ3n) is 4.65. The van der Waals surface area contributed by atoms with Crippen molar-refractivity contribution in [3.05, 3.63) is 12.2 Å². The molecule has 4 atom stereocenters. The van der Waals surface area contributed by atoms with Gasteiger partial charge in [0.1, 0.15) is 0 Å². The smallest absolute Gasteiger partial charge is 0.158 e. The van der Waals surface area contributed by atoms with Crippen molar-refractivity contribution in [3.8, 4) is 0 Å². The first kappa shape index (κ1) is 16.9. The van der Waals surface area contributed by atoms with E-state index in [0.717, 1.165) is 6.42 Å². The Hall–Kier alpha value is -0.420. The van der Waals surface area contributed by atoms with Crippen molar-refractivity contribution in [2.45, 2.75) is 70.4 Å². The number of rotatable bonds is 8. The number of ether oxygens (including phenoxy) is 2. The molecule has 0 amide bonds. The number of hydrogen-bond donors (Lipinski definition) is 2. The molecule has 0 aromatic carbocycles. The highest BCUT2D eigenvalue weighted by Gasteiger charge is 2.41. The summed E-state index contributed by atoms with van der Waals surface area (Å²) in [6.45, 7) is 3.48. The SMILES string of the molecule is CCCCCC/C=C/[C@@H]1[C@@H](CC2OCCO2)[C@H](O)C[C@@H]1O. The van der Waals surface area contributed by atoms with Crippen LogP contribution in [0.5, 0.6) is 0 Å². The van der Waals surface area contributed by atoms with Gasteiger partial charge in [-0.15, -0.1) is 0 Å². The normalized spacial score (nSPS) is 34.2. The molecule has 122 valence electrons. The Morgan fingerprint density at radius 1 is 1.05 bits per heavy atom. The number of allylic oxidation sites excluding steroid dienone is 1. The third-order valence-corrected chi connectivity index (χ3v) is 4.65. The second kappa shape index (κ2) is 8.89. The van der Waals surface area contributed by atoms with Gasteiger partial charge >= 0.3 is 0 Å². The fourth-order valence-corrected chi connectivity index (χ4v) is 3.41. The molecule has 0 aromatic heterocycles. The number of unbranched alkanes of at least 4 members (excludes halogenated alkanes) is 4. The molecule has 0 unspecified atom stereocenters. The summed E-state index contributed by atoms with van der Waals surface area (Å²) in [5.74, 6) is 0.0639. The molecule has 0 radical (unpaired) electrons. The lowest BCUT2D eigenvalue weighted by Crippen LogP contribution is -2.26. The molecule has 2 rings (SSSR count). The summed E-state index contributed by atoms with van der Waals surface area (Å²) in [6, 6.07) is 0. The number of hydrogen-bond acceptors (Lipinski definition) is 4. The van der Waals surface area contributed by atoms with Crippen molar-refractivity contribution in [2.75, 3.05) is 13.2 Å². The van der Waals surface area contributed by atoms with Crippen molar-refractivity contribution in [1.82, 2.24) is 0 Å². The van der Waals surface area contributed by atoms with Crippen LogP contribution in [0.15, 0.2) is 12.2 Å². The second-order valence-corrected chi connectivity index (χ2v) is 6.30. The van der Waals surface area contributed by atoms with E-state index < -0.39 is 12.2 Å². The molecule has 1 saturated heterocycles. The van der Waals surface area contributed by atoms with Crippen LogP contribution in [0.2, 0.25) is 0 Å². The predicted molar refractivity (Wildman–Crippen MR) is 81.8 cm³/mol. The molecule has 1 aliphatic heterocycles. The summed E-state index contributed by atoms with van der Waals surface area (Å²) in [7, 11) is 0. The molecular formula is C17H30O4. The first-order valence-corrected chi connectivity index (χ1v) is 8.48. The van der Waals surface area contributed by atoms with Crippen LogP contribution >= 0.6 is 0 Å². The maximum Gasteiger partial charge on any atom is 0.158 e. The Morgan fingerprint density at radius 2 is 1.81 bits per heavy atom. The van der Waals surface area contributed by atoms with Crippen LogP contribution in [0.4, 0.5) is 0 Å². The zero-order chi connectivity index (χ0) is 15.1. The van der Waals surface area contributed by atoms with E-state index in [-0.39, 0.29) is 18.1 Å². The van der Waals surface area contributed by atoms with Crippen LogP contribution in [-0.4, -0.2) is 41.9 Å². The van der Waals surface area contributed by atoms with Gasteiger partial charge in [-0.2, -0.15) is 0 Å². The van der Waals surface area contributed by atoms with E-state index in [1.807, 2.05) is 0 Å². The fourth-order valence-electron chi connectivity index (χ4n) is 3.41. The summed E-state index contributed by atoms with van der Waals surface area (Å²) in [5, 5.41) is 20.3. The van der Waals surface area contributed by atoms with Gasteiger partial charge in [-0.25, -0.2) is 0 Å². The molecule has 1 heterocycles. The highest BCUT2D eigenvalue weighted by Crippen LogP contribution is 2.37. The summed E-state index contributed by atoms with van der Waals surface area (Å²) < 4.78 is 11.0. The van der Waals surface area contributed by atoms with Crippen LogP contribution < -0.4 is 0 Å². The Bertz CT molecular complexity index is 312. The Balaban J connectivity index is 1.80. The van der Waals surface area contributed by atoms with Crippen LogP contribution in [-0.2, 0) is 9.47 Å². The minimum absolute atomic E-state index is 0.0268. The molecule has 21 heavy (non-hydrogen) atoms. The molecule has 4 nitrogen and oxygen atoms in total. The number of aliphatic hydroxyl groups is 2. The lowest BCUT2D eigenvalue weighted by Gasteiger charge is -2.23. The topological polar surface area (TPSA) is 58.9 Å². The highest BCUT2D eigenvalue weighted by molar-refractivity contribution is 5.02. The molecule has 2 N–H and O–H groups in total. The Morgan fingerprint density at radius 3 is 2.52 bits per heavy atom. The Labute approximate surface area is 128 Å². The van der Waals surface area contributed by atoms with E-state index in [9.17, 15) is 10.2 Å². The van der Waals surface area contributed by atoms with Crippen molar-refractivity contribution < 1.29 is 19.7 Å². The van der Waals surface area contributed by atoms with Gasteiger partial charge < -0.3 is 19.7 Å². The monoisotopic (exact) mass is 298 g/mol. The van der Waals surface area contributed by atoms with Crippen LogP contribution in [0.1, 0.15) is 51.9 Å². The predicted octanol–water partition coefficient (Wildman–Crippen LogP) is 2.63. The van der Waals surface area contributed by atoms with Gasteiger partial charge in [0, 0.05) is 18.8 Å². The lowest BCUT2D eigenvalue weighted by molar-refractivity contribution is -0.0696. The summed E-state index contributed by atoms with van der Waals surface area (Å²) in [6.07, 6.45) is 10.4. The van der Waals surface area contributed by atoms with E-state index >= 15 is 0 Å². The maximum absolute atomic E-state index is 10.2. The van der Waals surface area contributed by atoms with Crippen molar-refractivity contribution in [2.24, 2.45) is 11.8 Å². The maximum atomic E-state index is 10.2. The van der Waals surface area contributed by atoms with E-state index in [4.69, 9.17) is 9.47 Å². The second-order valence-electron chi connectivity index (χ2n) is 6.30. The van der Waals surface area contributed by atoms with E-state index in [1.165, 1.54) is 25.7 Å². The summed E-state index contributed by atoms with van der Waals surface area (Å²) >= 11 is 0. The summed E-state index contributed by atoms with van der Waals surface area (Å²) in [4.78, 5) is 0. The third kappa shape index (κ3) is 5.06. The molecule has 1 saturated carbocycles. The average Bonchev–Trinajstić information content (AvgIpc) is 3.05. The van der Waals surface area contributed by atoms with Crippen LogP contribution in [0.25, 0.3) is 0 Å². The highest BCUT2D eigenvalue weighted by atomic mass is 16.7. The van der Waals surface area contributed by atoms with Crippen molar-refractivity contribution in [3.63, 3.8) is 0 Å². The molecule has 2 fully saturated rings. The summed E-state index contributed by atoms with van der Waals surface area (Å²) in [5.41, 5.74) is 0. The van der Waals surface area contributed by atoms with Gasteiger partial charge in [-0.3, -0.25) is 0 Å². The van der Waals surface area contributed by atoms with Gasteiger partial charge in [0.2, 0.25) is 0 Å². The average molecular weight is 298 g/mol. The van der Waals surface area contributed by atoms with Crippen LogP contribution in [0, 0.1) is 11.8 Å². The zero-order valence-electron chi connectivity index (χ0n) is 13.1. The molecule has 0 aromatic rings. The molecule has 1 aliphatic carbocycles. The largest absolute Gasteiger partial charge is 0.393 e. The lowest BCUT2D eigenvalue weighted by atomic mass is 9.89. The van der Waals surface area contributed by atoms with E-state index in [0.29, 0.717) is 26.1 Å². The standard InChI is InChI=1S/C17H30O4/c1-2-3-4-5-6-7-8-13-14(16(19)12-15(13)18)11-17-20-9-10-21-17/h7-8,13-19H,2-6,9-12H2,1H3/b8-7+/t13-,14-,15+,16-/m1/s1. The van der Waals surface area contributed by atoms with E-state index in [2.05, 4.69) is 19.1 Å². The van der Waals surface area contributed by atoms with Crippen LogP contribution in [0.3, 0.4) is 0 Å². The molecule has 0 spiro atoms. The molecule has 2 aliphatic rings. The zero-order valence-corrected chi connectivity index (χ0v) is 13.1. The molecule has 4 heteroatoms. The van der Waals surface area contributed by atoms with Gasteiger partial charge in [-0.05, 0) is 18.8 Å². The minimum Gasteiger partial charge on any atom is -0.393 e. The Kier molecular flexibility index (Phi) is 7.17. The van der Waals surface area contributed by atoms with Gasteiger partial charge in [0.25, 0.3) is 0 Å². The number of aliphatic hydroxyl groups excluding tert-OH is 2. The molecule has 0 bridgehead atoms. The van der Waals surface area contributed by atoms with Gasteiger partial charge in [0.05, 0.1) is 25.4 Å². The van der Waals surface area contributed by atoms with Gasteiger partial charge in [0.15, 0.2) is 6.29 Å². The first-order chi connectivity index (χ1) is 10.2. The quantitative estimate of drug-likeness (QED) is 0.534. The minimum atomic E-state index is -0.456. The molecular weight excluding hydrogens is 268 g/mol. The first-order valence-electron chi connectivity index (χ1n) is 8.48.